The summed E-state index contributed by atoms with van der Waals surface area (Å²) in [5.74, 6) is 0.880. The normalized spacial score (nSPS) is 20.2. The largest absolute Gasteiger partial charge is 0.322 e. The van der Waals surface area contributed by atoms with E-state index in [2.05, 4.69) is 20.5 Å². The van der Waals surface area contributed by atoms with Crippen molar-refractivity contribution in [2.75, 3.05) is 11.9 Å². The Bertz CT molecular complexity index is 787. The second-order valence-electron chi connectivity index (χ2n) is 6.65. The van der Waals surface area contributed by atoms with Crippen LogP contribution in [0.3, 0.4) is 0 Å². The number of anilines is 1. The zero-order valence-corrected chi connectivity index (χ0v) is 14.0. The summed E-state index contributed by atoms with van der Waals surface area (Å²) in [5.41, 5.74) is 2.49. The molecule has 7 nitrogen and oxygen atoms in total. The van der Waals surface area contributed by atoms with Crippen molar-refractivity contribution in [3.8, 4) is 0 Å². The van der Waals surface area contributed by atoms with Crippen molar-refractivity contribution in [2.45, 2.75) is 44.6 Å². The van der Waals surface area contributed by atoms with Crippen molar-refractivity contribution in [3.63, 3.8) is 0 Å². The minimum absolute atomic E-state index is 0.0875. The highest BCUT2D eigenvalue weighted by Gasteiger charge is 2.30. The first kappa shape index (κ1) is 15.8. The van der Waals surface area contributed by atoms with E-state index in [0.29, 0.717) is 18.7 Å². The van der Waals surface area contributed by atoms with Gasteiger partial charge in [-0.1, -0.05) is 6.07 Å². The summed E-state index contributed by atoms with van der Waals surface area (Å²) >= 11 is 0. The van der Waals surface area contributed by atoms with Crippen molar-refractivity contribution in [1.29, 1.82) is 0 Å². The Labute approximate surface area is 145 Å². The summed E-state index contributed by atoms with van der Waals surface area (Å²) in [5, 5.41) is 9.72. The second kappa shape index (κ2) is 6.66. The highest BCUT2D eigenvalue weighted by Crippen LogP contribution is 2.30. The molecule has 1 aromatic heterocycles. The lowest BCUT2D eigenvalue weighted by Crippen LogP contribution is -2.41. The number of Topliss-reactive ketones (excluding diaryl/α,β-unsaturated/α-hetero) is 1. The number of carbonyl (C=O) groups excluding carboxylic acids is 2. The third-order valence-electron chi connectivity index (χ3n) is 5.02. The van der Waals surface area contributed by atoms with Gasteiger partial charge in [-0.3, -0.25) is 9.89 Å². The average Bonchev–Trinajstić information content (AvgIpc) is 3.17. The fourth-order valence-electron chi connectivity index (χ4n) is 3.74. The number of aromatic amines is 1. The second-order valence-corrected chi connectivity index (χ2v) is 6.65. The number of urea groups is 1. The number of H-pyrrole nitrogens is 1. The van der Waals surface area contributed by atoms with Crippen LogP contribution in [0, 0.1) is 0 Å². The number of ketones is 1. The number of amides is 2. The molecule has 130 valence electrons. The molecule has 0 radical (unpaired) electrons. The third-order valence-corrected chi connectivity index (χ3v) is 5.02. The van der Waals surface area contributed by atoms with Crippen LogP contribution < -0.4 is 5.32 Å². The van der Waals surface area contributed by atoms with Crippen LogP contribution in [0.25, 0.3) is 0 Å². The summed E-state index contributed by atoms with van der Waals surface area (Å²) in [4.78, 5) is 30.9. The molecule has 2 amide bonds. The van der Waals surface area contributed by atoms with Crippen LogP contribution in [0.4, 0.5) is 10.5 Å². The lowest BCUT2D eigenvalue weighted by atomic mass is 9.90. The van der Waals surface area contributed by atoms with Gasteiger partial charge in [0.2, 0.25) is 0 Å². The van der Waals surface area contributed by atoms with Crippen LogP contribution in [0.1, 0.15) is 59.9 Å². The molecule has 0 saturated carbocycles. The molecule has 2 N–H and O–H groups in total. The molecule has 4 rings (SSSR count). The van der Waals surface area contributed by atoms with Crippen molar-refractivity contribution >= 4 is 17.5 Å². The van der Waals surface area contributed by atoms with Crippen LogP contribution in [0.15, 0.2) is 24.5 Å². The molecule has 1 aliphatic carbocycles. The van der Waals surface area contributed by atoms with Crippen LogP contribution in [0.2, 0.25) is 0 Å². The number of likely N-dealkylation sites (tertiary alicyclic amines) is 1. The fraction of sp³-hybridized carbons (Fsp3) is 0.444. The molecule has 2 heterocycles. The van der Waals surface area contributed by atoms with E-state index >= 15 is 0 Å². The summed E-state index contributed by atoms with van der Waals surface area (Å²) in [6.45, 7) is 0.682. The average molecular weight is 339 g/mol. The number of nitrogens with one attached hydrogen (secondary N) is 2. The van der Waals surface area contributed by atoms with Gasteiger partial charge in [-0.2, -0.15) is 5.10 Å². The maximum Gasteiger partial charge on any atom is 0.322 e. The highest BCUT2D eigenvalue weighted by atomic mass is 16.2. The monoisotopic (exact) mass is 339 g/mol. The summed E-state index contributed by atoms with van der Waals surface area (Å²) < 4.78 is 0. The molecule has 1 aromatic carbocycles. The number of rotatable bonds is 2. The SMILES string of the molecule is O=C1CCCc2ccc(NC(=O)N3CCCC[C@@H]3c3ncn[nH]3)cc21. The first-order chi connectivity index (χ1) is 12.2. The zero-order valence-electron chi connectivity index (χ0n) is 14.0. The summed E-state index contributed by atoms with van der Waals surface area (Å²) in [6.07, 6.45) is 6.78. The van der Waals surface area contributed by atoms with Gasteiger partial charge in [0.25, 0.3) is 0 Å². The van der Waals surface area contributed by atoms with E-state index in [-0.39, 0.29) is 17.9 Å². The number of hydrogen-bond donors (Lipinski definition) is 2. The van der Waals surface area contributed by atoms with Gasteiger partial charge in [0.1, 0.15) is 12.2 Å². The lowest BCUT2D eigenvalue weighted by Gasteiger charge is -2.34. The standard InChI is InChI=1S/C18H21N5O2/c24-16-6-3-4-12-7-8-13(10-14(12)16)21-18(25)23-9-2-1-5-15(23)17-19-11-20-22-17/h7-8,10-11,15H,1-6,9H2,(H,21,25)(H,19,20,22)/t15-/m1/s1. The van der Waals surface area contributed by atoms with Crippen molar-refractivity contribution in [3.05, 3.63) is 41.5 Å². The van der Waals surface area contributed by atoms with Gasteiger partial charge < -0.3 is 10.2 Å². The lowest BCUT2D eigenvalue weighted by molar-refractivity contribution is 0.0972. The number of aromatic nitrogens is 3. The highest BCUT2D eigenvalue weighted by molar-refractivity contribution is 6.00. The molecule has 2 aliphatic rings. The third kappa shape index (κ3) is 3.14. The van der Waals surface area contributed by atoms with E-state index in [9.17, 15) is 9.59 Å². The van der Waals surface area contributed by atoms with Crippen molar-refractivity contribution in [1.82, 2.24) is 20.1 Å². The van der Waals surface area contributed by atoms with Crippen LogP contribution in [-0.2, 0) is 6.42 Å². The van der Waals surface area contributed by atoms with E-state index in [0.717, 1.165) is 49.1 Å². The minimum atomic E-state index is -0.163. The molecule has 25 heavy (non-hydrogen) atoms. The Morgan fingerprint density at radius 2 is 2.16 bits per heavy atom. The van der Waals surface area contributed by atoms with Crippen LogP contribution in [-0.4, -0.2) is 38.4 Å². The number of fused-ring (bicyclic) bond motifs is 1. The number of hydrogen-bond acceptors (Lipinski definition) is 4. The number of nitrogens with zero attached hydrogens (tertiary/aromatic N) is 3. The van der Waals surface area contributed by atoms with Gasteiger partial charge in [0, 0.05) is 24.2 Å². The van der Waals surface area contributed by atoms with Gasteiger partial charge in [-0.15, -0.1) is 0 Å². The summed E-state index contributed by atoms with van der Waals surface area (Å²) in [6, 6.07) is 5.39. The Hall–Kier alpha value is -2.70. The van der Waals surface area contributed by atoms with Crippen LogP contribution >= 0.6 is 0 Å². The maximum absolute atomic E-state index is 12.8. The molecule has 0 spiro atoms. The van der Waals surface area contributed by atoms with Crippen molar-refractivity contribution in [2.24, 2.45) is 0 Å². The predicted molar refractivity (Wildman–Crippen MR) is 92.4 cm³/mol. The molecule has 1 fully saturated rings. The molecule has 0 unspecified atom stereocenters. The van der Waals surface area contributed by atoms with Gasteiger partial charge in [-0.25, -0.2) is 9.78 Å². The molecule has 7 heteroatoms. The van der Waals surface area contributed by atoms with Gasteiger partial charge in [0.05, 0.1) is 6.04 Å². The Balaban J connectivity index is 1.53. The minimum Gasteiger partial charge on any atom is -0.314 e. The summed E-state index contributed by atoms with van der Waals surface area (Å²) in [7, 11) is 0. The molecule has 1 saturated heterocycles. The number of benzene rings is 1. The van der Waals surface area contributed by atoms with E-state index in [1.54, 1.807) is 4.90 Å². The van der Waals surface area contributed by atoms with E-state index in [1.165, 1.54) is 6.33 Å². The number of carbonyl (C=O) groups is 2. The fourth-order valence-corrected chi connectivity index (χ4v) is 3.74. The quantitative estimate of drug-likeness (QED) is 0.879. The number of aryl methyl sites for hydroxylation is 1. The smallest absolute Gasteiger partial charge is 0.314 e. The molecule has 1 atom stereocenters. The molecular formula is C18H21N5O2. The zero-order chi connectivity index (χ0) is 17.2. The van der Waals surface area contributed by atoms with Gasteiger partial charge >= 0.3 is 6.03 Å². The Morgan fingerprint density at radius 3 is 3.00 bits per heavy atom. The van der Waals surface area contributed by atoms with E-state index in [4.69, 9.17) is 0 Å². The molecular weight excluding hydrogens is 318 g/mol. The molecule has 1 aliphatic heterocycles. The topological polar surface area (TPSA) is 91.0 Å². The van der Waals surface area contributed by atoms with Crippen molar-refractivity contribution < 1.29 is 9.59 Å². The molecule has 0 bridgehead atoms. The van der Waals surface area contributed by atoms with E-state index < -0.39 is 0 Å². The first-order valence-corrected chi connectivity index (χ1v) is 8.81. The molecule has 2 aromatic rings. The maximum atomic E-state index is 12.8. The van der Waals surface area contributed by atoms with Gasteiger partial charge in [0.15, 0.2) is 5.78 Å². The van der Waals surface area contributed by atoms with E-state index in [1.807, 2.05) is 18.2 Å². The van der Waals surface area contributed by atoms with Gasteiger partial charge in [-0.05, 0) is 49.8 Å². The predicted octanol–water partition coefficient (Wildman–Crippen LogP) is 3.08. The van der Waals surface area contributed by atoms with Crippen LogP contribution in [0.5, 0.6) is 0 Å². The first-order valence-electron chi connectivity index (χ1n) is 8.81. The Morgan fingerprint density at radius 1 is 1.24 bits per heavy atom. The Kier molecular flexibility index (Phi) is 4.21. The number of piperidine rings is 1.